The maximum absolute atomic E-state index is 12.0. The zero-order chi connectivity index (χ0) is 22.3. The van der Waals surface area contributed by atoms with Crippen LogP contribution in [0, 0.1) is 0 Å². The van der Waals surface area contributed by atoms with Crippen LogP contribution < -0.4 is 10.6 Å². The Morgan fingerprint density at radius 2 is 0.967 bits per heavy atom. The molecule has 0 unspecified atom stereocenters. The van der Waals surface area contributed by atoms with Crippen LogP contribution >= 0.6 is 23.2 Å². The summed E-state index contributed by atoms with van der Waals surface area (Å²) in [5, 5.41) is 4.99. The van der Waals surface area contributed by atoms with E-state index in [1.165, 1.54) is 62.4 Å². The standard InChI is InChI=1S/C20H18Cl2N2O6/c1-11(29-19(27)23-17(25)13-3-7-15(21)8-4-13)12(2)30-20(28)24-18(26)14-5-9-16(22)10-6-14/h3-12H,1-2H3,(H,23,25,27)(H,24,26,28)/t11-,12-/m1/s1. The summed E-state index contributed by atoms with van der Waals surface area (Å²) in [5.74, 6) is -1.35. The van der Waals surface area contributed by atoms with Crippen LogP contribution in [0.5, 0.6) is 0 Å². The van der Waals surface area contributed by atoms with Gasteiger partial charge in [0.25, 0.3) is 11.8 Å². The second-order valence-corrected chi connectivity index (χ2v) is 7.02. The number of imide groups is 2. The van der Waals surface area contributed by atoms with Crippen LogP contribution in [0.15, 0.2) is 48.5 Å². The number of hydrogen-bond donors (Lipinski definition) is 2. The number of hydrogen-bond acceptors (Lipinski definition) is 6. The Balaban J connectivity index is 1.80. The highest BCUT2D eigenvalue weighted by atomic mass is 35.5. The number of carbonyl (C=O) groups is 4. The lowest BCUT2D eigenvalue weighted by atomic mass is 10.2. The van der Waals surface area contributed by atoms with Gasteiger partial charge in [0.15, 0.2) is 0 Å². The van der Waals surface area contributed by atoms with Gasteiger partial charge in [-0.05, 0) is 62.4 Å². The van der Waals surface area contributed by atoms with Crippen LogP contribution in [0.1, 0.15) is 34.6 Å². The van der Waals surface area contributed by atoms with Gasteiger partial charge in [-0.25, -0.2) is 9.59 Å². The number of ether oxygens (including phenoxy) is 2. The van der Waals surface area contributed by atoms with E-state index in [-0.39, 0.29) is 11.1 Å². The molecule has 30 heavy (non-hydrogen) atoms. The Kier molecular flexibility index (Phi) is 8.20. The van der Waals surface area contributed by atoms with Gasteiger partial charge in [0.1, 0.15) is 12.2 Å². The third kappa shape index (κ3) is 7.06. The summed E-state index contributed by atoms with van der Waals surface area (Å²) >= 11 is 11.5. The quantitative estimate of drug-likeness (QED) is 0.702. The van der Waals surface area contributed by atoms with E-state index in [1.54, 1.807) is 0 Å². The van der Waals surface area contributed by atoms with E-state index in [0.29, 0.717) is 10.0 Å². The topological polar surface area (TPSA) is 111 Å². The normalized spacial score (nSPS) is 12.3. The van der Waals surface area contributed by atoms with Gasteiger partial charge >= 0.3 is 12.2 Å². The Morgan fingerprint density at radius 1 is 0.667 bits per heavy atom. The minimum Gasteiger partial charge on any atom is -0.442 e. The minimum absolute atomic E-state index is 0.216. The molecule has 158 valence electrons. The van der Waals surface area contributed by atoms with Crippen LogP contribution in [0.4, 0.5) is 9.59 Å². The molecular formula is C20H18Cl2N2O6. The number of nitrogens with one attached hydrogen (secondary N) is 2. The van der Waals surface area contributed by atoms with Gasteiger partial charge in [-0.15, -0.1) is 0 Å². The highest BCUT2D eigenvalue weighted by Gasteiger charge is 2.23. The Hall–Kier alpha value is -3.10. The van der Waals surface area contributed by atoms with Crippen molar-refractivity contribution < 1.29 is 28.7 Å². The van der Waals surface area contributed by atoms with Crippen molar-refractivity contribution in [2.75, 3.05) is 0 Å². The molecular weight excluding hydrogens is 435 g/mol. The van der Waals surface area contributed by atoms with Gasteiger partial charge < -0.3 is 9.47 Å². The molecule has 0 saturated carbocycles. The maximum atomic E-state index is 12.0. The molecule has 2 atom stereocenters. The van der Waals surface area contributed by atoms with Gasteiger partial charge in [-0.1, -0.05) is 23.2 Å². The fourth-order valence-corrected chi connectivity index (χ4v) is 2.37. The van der Waals surface area contributed by atoms with Crippen molar-refractivity contribution in [3.05, 3.63) is 69.7 Å². The summed E-state index contributed by atoms with van der Waals surface area (Å²) in [5.41, 5.74) is 0.432. The summed E-state index contributed by atoms with van der Waals surface area (Å²) in [6.07, 6.45) is -3.84. The second-order valence-electron chi connectivity index (χ2n) is 6.14. The number of carbonyl (C=O) groups excluding carboxylic acids is 4. The highest BCUT2D eigenvalue weighted by Crippen LogP contribution is 2.11. The summed E-state index contributed by atoms with van der Waals surface area (Å²) in [6, 6.07) is 11.8. The Labute approximate surface area is 182 Å². The van der Waals surface area contributed by atoms with E-state index in [4.69, 9.17) is 32.7 Å². The SMILES string of the molecule is C[C@@H](OC(=O)NC(=O)c1ccc(Cl)cc1)[C@@H](C)OC(=O)NC(=O)c1ccc(Cl)cc1. The Morgan fingerprint density at radius 3 is 1.27 bits per heavy atom. The van der Waals surface area contributed by atoms with E-state index >= 15 is 0 Å². The van der Waals surface area contributed by atoms with Gasteiger partial charge in [0.05, 0.1) is 0 Å². The molecule has 0 heterocycles. The molecule has 0 aliphatic rings. The molecule has 2 N–H and O–H groups in total. The molecule has 2 rings (SSSR count). The number of alkyl carbamates (subject to hydrolysis) is 2. The second kappa shape index (κ2) is 10.6. The molecule has 0 saturated heterocycles. The third-order valence-electron chi connectivity index (χ3n) is 3.89. The van der Waals surface area contributed by atoms with E-state index in [9.17, 15) is 19.2 Å². The first kappa shape index (κ1) is 23.2. The van der Waals surface area contributed by atoms with Crippen molar-refractivity contribution in [2.45, 2.75) is 26.1 Å². The van der Waals surface area contributed by atoms with Crippen LogP contribution in [0.3, 0.4) is 0 Å². The van der Waals surface area contributed by atoms with E-state index in [2.05, 4.69) is 0 Å². The van der Waals surface area contributed by atoms with Crippen molar-refractivity contribution in [3.8, 4) is 0 Å². The molecule has 0 bridgehead atoms. The number of rotatable bonds is 5. The zero-order valence-corrected chi connectivity index (χ0v) is 17.5. The summed E-state index contributed by atoms with van der Waals surface area (Å²) in [6.45, 7) is 2.93. The van der Waals surface area contributed by atoms with Crippen molar-refractivity contribution in [1.29, 1.82) is 0 Å². The third-order valence-corrected chi connectivity index (χ3v) is 4.39. The summed E-state index contributed by atoms with van der Waals surface area (Å²) in [4.78, 5) is 47.7. The summed E-state index contributed by atoms with van der Waals surface area (Å²) < 4.78 is 10.1. The van der Waals surface area contributed by atoms with Gasteiger partial charge in [0.2, 0.25) is 0 Å². The lowest BCUT2D eigenvalue weighted by Gasteiger charge is -2.20. The van der Waals surface area contributed by atoms with E-state index in [0.717, 1.165) is 0 Å². The Bertz CT molecular complexity index is 854. The summed E-state index contributed by atoms with van der Waals surface area (Å²) in [7, 11) is 0. The van der Waals surface area contributed by atoms with E-state index in [1.807, 2.05) is 10.6 Å². The van der Waals surface area contributed by atoms with Crippen molar-refractivity contribution in [3.63, 3.8) is 0 Å². The van der Waals surface area contributed by atoms with Crippen molar-refractivity contribution in [2.24, 2.45) is 0 Å². The monoisotopic (exact) mass is 452 g/mol. The van der Waals surface area contributed by atoms with Crippen LogP contribution in [0.25, 0.3) is 0 Å². The lowest BCUT2D eigenvalue weighted by molar-refractivity contribution is 0.00833. The average Bonchev–Trinajstić information content (AvgIpc) is 2.68. The first-order chi connectivity index (χ1) is 14.2. The van der Waals surface area contributed by atoms with Crippen molar-refractivity contribution in [1.82, 2.24) is 10.6 Å². The lowest BCUT2D eigenvalue weighted by Crippen LogP contribution is -2.40. The molecule has 2 aromatic rings. The predicted molar refractivity (Wildman–Crippen MR) is 110 cm³/mol. The predicted octanol–water partition coefficient (Wildman–Crippen LogP) is 4.20. The largest absolute Gasteiger partial charge is 0.442 e. The zero-order valence-electron chi connectivity index (χ0n) is 16.0. The molecule has 0 spiro atoms. The van der Waals surface area contributed by atoms with Crippen LogP contribution in [0.2, 0.25) is 10.0 Å². The molecule has 0 aliphatic carbocycles. The highest BCUT2D eigenvalue weighted by molar-refractivity contribution is 6.31. The maximum Gasteiger partial charge on any atom is 0.414 e. The van der Waals surface area contributed by atoms with Gasteiger partial charge in [0, 0.05) is 21.2 Å². The molecule has 8 nitrogen and oxygen atoms in total. The number of halogens is 2. The first-order valence-electron chi connectivity index (χ1n) is 8.70. The molecule has 4 amide bonds. The molecule has 0 aromatic heterocycles. The fourth-order valence-electron chi connectivity index (χ4n) is 2.12. The van der Waals surface area contributed by atoms with Gasteiger partial charge in [-0.3, -0.25) is 20.2 Å². The number of benzene rings is 2. The fraction of sp³-hybridized carbons (Fsp3) is 0.200. The number of amides is 4. The average molecular weight is 453 g/mol. The van der Waals surface area contributed by atoms with E-state index < -0.39 is 36.2 Å². The first-order valence-corrected chi connectivity index (χ1v) is 9.46. The molecule has 0 aliphatic heterocycles. The van der Waals surface area contributed by atoms with Crippen LogP contribution in [-0.2, 0) is 9.47 Å². The van der Waals surface area contributed by atoms with Gasteiger partial charge in [-0.2, -0.15) is 0 Å². The van der Waals surface area contributed by atoms with Crippen molar-refractivity contribution >= 4 is 47.2 Å². The minimum atomic E-state index is -1.02. The molecule has 0 radical (unpaired) electrons. The smallest absolute Gasteiger partial charge is 0.414 e. The molecule has 2 aromatic carbocycles. The molecule has 10 heteroatoms. The molecule has 0 fully saturated rings. The van der Waals surface area contributed by atoms with Crippen LogP contribution in [-0.4, -0.2) is 36.2 Å².